The van der Waals surface area contributed by atoms with Crippen LogP contribution in [-0.2, 0) is 14.8 Å². The van der Waals surface area contributed by atoms with Crippen molar-refractivity contribution >= 4 is 15.9 Å². The number of nitrogens with one attached hydrogen (secondary N) is 1. The molecule has 5 nitrogen and oxygen atoms in total. The van der Waals surface area contributed by atoms with Gasteiger partial charge in [-0.2, -0.15) is 0 Å². The Morgan fingerprint density at radius 3 is 2.42 bits per heavy atom. The third kappa shape index (κ3) is 4.36. The molecule has 0 spiro atoms. The lowest BCUT2D eigenvalue weighted by Gasteiger charge is -2.31. The van der Waals surface area contributed by atoms with E-state index in [0.717, 1.165) is 12.0 Å². The molecular formula is C18H28N2O3S. The molecule has 1 aromatic rings. The second kappa shape index (κ2) is 8.12. The number of nitrogens with zero attached hydrogens (tertiary/aromatic N) is 1. The summed E-state index contributed by atoms with van der Waals surface area (Å²) in [7, 11) is -3.15. The smallest absolute Gasteiger partial charge is 0.223 e. The van der Waals surface area contributed by atoms with Gasteiger partial charge in [0.15, 0.2) is 0 Å². The zero-order valence-electron chi connectivity index (χ0n) is 14.8. The summed E-state index contributed by atoms with van der Waals surface area (Å²) in [6, 6.07) is 8.11. The molecule has 0 bridgehead atoms. The predicted octanol–water partition coefficient (Wildman–Crippen LogP) is 2.62. The van der Waals surface area contributed by atoms with Crippen molar-refractivity contribution in [2.75, 3.05) is 18.8 Å². The van der Waals surface area contributed by atoms with Crippen LogP contribution >= 0.6 is 0 Å². The molecule has 6 heteroatoms. The Morgan fingerprint density at radius 2 is 1.88 bits per heavy atom. The molecule has 1 atom stereocenters. The van der Waals surface area contributed by atoms with Crippen LogP contribution < -0.4 is 5.32 Å². The van der Waals surface area contributed by atoms with Crippen LogP contribution in [0.5, 0.6) is 0 Å². The minimum Gasteiger partial charge on any atom is -0.349 e. The van der Waals surface area contributed by atoms with Gasteiger partial charge in [-0.25, -0.2) is 12.7 Å². The van der Waals surface area contributed by atoms with Gasteiger partial charge in [-0.05, 0) is 44.2 Å². The number of hydrogen-bond donors (Lipinski definition) is 1. The van der Waals surface area contributed by atoms with Crippen LogP contribution in [0, 0.1) is 12.8 Å². The first-order chi connectivity index (χ1) is 11.4. The third-order valence-electron chi connectivity index (χ3n) is 4.87. The van der Waals surface area contributed by atoms with Gasteiger partial charge in [-0.3, -0.25) is 4.79 Å². The van der Waals surface area contributed by atoms with Crippen molar-refractivity contribution in [1.29, 1.82) is 0 Å². The maximum Gasteiger partial charge on any atom is 0.223 e. The van der Waals surface area contributed by atoms with Gasteiger partial charge in [-0.1, -0.05) is 31.2 Å². The molecule has 1 aliphatic rings. The number of aryl methyl sites for hydroxylation is 1. The van der Waals surface area contributed by atoms with Crippen molar-refractivity contribution in [2.24, 2.45) is 5.92 Å². The van der Waals surface area contributed by atoms with Crippen LogP contribution in [0.2, 0.25) is 0 Å². The molecule has 1 N–H and O–H groups in total. The number of carbonyl (C=O) groups is 1. The van der Waals surface area contributed by atoms with E-state index in [1.807, 2.05) is 12.1 Å². The van der Waals surface area contributed by atoms with Crippen molar-refractivity contribution in [2.45, 2.75) is 46.1 Å². The van der Waals surface area contributed by atoms with Gasteiger partial charge in [0.05, 0.1) is 11.8 Å². The fraction of sp³-hybridized carbons (Fsp3) is 0.611. The van der Waals surface area contributed by atoms with Crippen LogP contribution in [-0.4, -0.2) is 37.5 Å². The SMILES string of the molecule is CC[C@@H](NC(=O)C1CCN(S(=O)(=O)CC)CC1)c1ccccc1C. The second-order valence-corrected chi connectivity index (χ2v) is 8.66. The number of benzene rings is 1. The maximum absolute atomic E-state index is 12.6. The lowest BCUT2D eigenvalue weighted by Crippen LogP contribution is -2.44. The van der Waals surface area contributed by atoms with Gasteiger partial charge in [-0.15, -0.1) is 0 Å². The normalized spacial score (nSPS) is 18.3. The summed E-state index contributed by atoms with van der Waals surface area (Å²) in [6.45, 7) is 6.65. The number of sulfonamides is 1. The number of amides is 1. The molecule has 1 aliphatic heterocycles. The molecule has 1 aromatic carbocycles. The fourth-order valence-electron chi connectivity index (χ4n) is 3.25. The quantitative estimate of drug-likeness (QED) is 0.856. The maximum atomic E-state index is 12.6. The van der Waals surface area contributed by atoms with E-state index in [2.05, 4.69) is 31.3 Å². The van der Waals surface area contributed by atoms with E-state index >= 15 is 0 Å². The van der Waals surface area contributed by atoms with E-state index in [1.54, 1.807) is 6.92 Å². The molecule has 2 rings (SSSR count). The Morgan fingerprint density at radius 1 is 1.25 bits per heavy atom. The molecule has 1 heterocycles. The highest BCUT2D eigenvalue weighted by Crippen LogP contribution is 2.24. The van der Waals surface area contributed by atoms with Crippen LogP contribution in [0.25, 0.3) is 0 Å². The van der Waals surface area contributed by atoms with Gasteiger partial charge >= 0.3 is 0 Å². The van der Waals surface area contributed by atoms with Crippen molar-refractivity contribution in [3.63, 3.8) is 0 Å². The molecular weight excluding hydrogens is 324 g/mol. The molecule has 24 heavy (non-hydrogen) atoms. The highest BCUT2D eigenvalue weighted by atomic mass is 32.2. The zero-order valence-corrected chi connectivity index (χ0v) is 15.6. The van der Waals surface area contributed by atoms with Crippen LogP contribution in [0.3, 0.4) is 0 Å². The first-order valence-electron chi connectivity index (χ1n) is 8.72. The van der Waals surface area contributed by atoms with Crippen LogP contribution in [0.1, 0.15) is 50.3 Å². The first-order valence-corrected chi connectivity index (χ1v) is 10.3. The van der Waals surface area contributed by atoms with E-state index in [4.69, 9.17) is 0 Å². The van der Waals surface area contributed by atoms with E-state index in [0.29, 0.717) is 25.9 Å². The average molecular weight is 353 g/mol. The minimum absolute atomic E-state index is 0.0103. The van der Waals surface area contributed by atoms with Crippen LogP contribution in [0.4, 0.5) is 0 Å². The highest BCUT2D eigenvalue weighted by Gasteiger charge is 2.31. The molecule has 0 radical (unpaired) electrons. The third-order valence-corrected chi connectivity index (χ3v) is 6.75. The lowest BCUT2D eigenvalue weighted by atomic mass is 9.94. The summed E-state index contributed by atoms with van der Waals surface area (Å²) >= 11 is 0. The summed E-state index contributed by atoms with van der Waals surface area (Å²) in [4.78, 5) is 12.6. The standard InChI is InChI=1S/C18H28N2O3S/c1-4-17(16-9-7-6-8-14(16)3)19-18(21)15-10-12-20(13-11-15)24(22,23)5-2/h6-9,15,17H,4-5,10-13H2,1-3H3,(H,19,21)/t17-/m1/s1. The average Bonchev–Trinajstić information content (AvgIpc) is 2.60. The minimum atomic E-state index is -3.15. The van der Waals surface area contributed by atoms with E-state index < -0.39 is 10.0 Å². The Kier molecular flexibility index (Phi) is 6.40. The Balaban J connectivity index is 1.97. The molecule has 134 valence electrons. The van der Waals surface area contributed by atoms with Gasteiger partial charge < -0.3 is 5.32 Å². The lowest BCUT2D eigenvalue weighted by molar-refractivity contribution is -0.126. The van der Waals surface area contributed by atoms with Gasteiger partial charge in [0, 0.05) is 19.0 Å². The second-order valence-electron chi connectivity index (χ2n) is 6.40. The van der Waals surface area contributed by atoms with Gasteiger partial charge in [0.25, 0.3) is 0 Å². The van der Waals surface area contributed by atoms with Gasteiger partial charge in [0.1, 0.15) is 0 Å². The number of rotatable bonds is 6. The summed E-state index contributed by atoms with van der Waals surface area (Å²) in [5, 5.41) is 3.15. The molecule has 1 amide bonds. The zero-order chi connectivity index (χ0) is 17.7. The van der Waals surface area contributed by atoms with E-state index in [1.165, 1.54) is 9.87 Å². The molecule has 0 aromatic heterocycles. The predicted molar refractivity (Wildman–Crippen MR) is 96.1 cm³/mol. The molecule has 0 unspecified atom stereocenters. The monoisotopic (exact) mass is 352 g/mol. The topological polar surface area (TPSA) is 66.5 Å². The molecule has 1 saturated heterocycles. The Labute approximate surface area is 145 Å². The highest BCUT2D eigenvalue weighted by molar-refractivity contribution is 7.89. The fourth-order valence-corrected chi connectivity index (χ4v) is 4.38. The Bertz CT molecular complexity index is 665. The Hall–Kier alpha value is -1.40. The van der Waals surface area contributed by atoms with Crippen molar-refractivity contribution in [3.05, 3.63) is 35.4 Å². The largest absolute Gasteiger partial charge is 0.349 e. The van der Waals surface area contributed by atoms with Crippen molar-refractivity contribution in [1.82, 2.24) is 9.62 Å². The number of carbonyl (C=O) groups excluding carboxylic acids is 1. The van der Waals surface area contributed by atoms with Gasteiger partial charge in [0.2, 0.25) is 15.9 Å². The first kappa shape index (κ1) is 18.9. The van der Waals surface area contributed by atoms with E-state index in [9.17, 15) is 13.2 Å². The molecule has 0 aliphatic carbocycles. The molecule has 0 saturated carbocycles. The van der Waals surface area contributed by atoms with Crippen molar-refractivity contribution in [3.8, 4) is 0 Å². The number of hydrogen-bond acceptors (Lipinski definition) is 3. The molecule has 1 fully saturated rings. The summed E-state index contributed by atoms with van der Waals surface area (Å²) in [6.07, 6.45) is 2.02. The summed E-state index contributed by atoms with van der Waals surface area (Å²) in [5.74, 6) is 0.0553. The van der Waals surface area contributed by atoms with Crippen LogP contribution in [0.15, 0.2) is 24.3 Å². The summed E-state index contributed by atoms with van der Waals surface area (Å²) in [5.41, 5.74) is 2.33. The van der Waals surface area contributed by atoms with E-state index in [-0.39, 0.29) is 23.6 Å². The number of piperidine rings is 1. The van der Waals surface area contributed by atoms with Crippen molar-refractivity contribution < 1.29 is 13.2 Å². The summed E-state index contributed by atoms with van der Waals surface area (Å²) < 4.78 is 25.3.